The molecule has 0 radical (unpaired) electrons. The zero-order chi connectivity index (χ0) is 18.0. The van der Waals surface area contributed by atoms with Crippen LogP contribution in [-0.4, -0.2) is 15.9 Å². The van der Waals surface area contributed by atoms with Crippen LogP contribution in [0.3, 0.4) is 0 Å². The van der Waals surface area contributed by atoms with E-state index in [4.69, 9.17) is 0 Å². The van der Waals surface area contributed by atoms with Gasteiger partial charge in [-0.2, -0.15) is 13.2 Å². The van der Waals surface area contributed by atoms with Crippen molar-refractivity contribution in [3.05, 3.63) is 62.8 Å². The molecule has 0 saturated carbocycles. The summed E-state index contributed by atoms with van der Waals surface area (Å²) in [5.41, 5.74) is 0.605. The molecule has 1 aromatic carbocycles. The molecule has 0 aliphatic heterocycles. The number of carbonyl (C=O) groups is 1. The van der Waals surface area contributed by atoms with E-state index in [1.54, 1.807) is 5.38 Å². The predicted molar refractivity (Wildman–Crippen MR) is 97.5 cm³/mol. The first-order valence-electron chi connectivity index (χ1n) is 6.89. The molecule has 3 aromatic rings. The normalized spacial score (nSPS) is 11.4. The van der Waals surface area contributed by atoms with Gasteiger partial charge in [0, 0.05) is 20.7 Å². The molecule has 0 spiro atoms. The molecular formula is C16H9F3IN3OS. The summed E-state index contributed by atoms with van der Waals surface area (Å²) in [6.07, 6.45) is -3.64. The number of thiazole rings is 1. The Bertz CT molecular complexity index is 892. The molecule has 9 heteroatoms. The molecule has 2 aromatic heterocycles. The summed E-state index contributed by atoms with van der Waals surface area (Å²) in [6.45, 7) is 0. The minimum absolute atomic E-state index is 0.0269. The van der Waals surface area contributed by atoms with Gasteiger partial charge in [-0.05, 0) is 46.9 Å². The molecule has 4 nitrogen and oxygen atoms in total. The molecule has 25 heavy (non-hydrogen) atoms. The molecule has 0 bridgehead atoms. The van der Waals surface area contributed by atoms with Crippen LogP contribution in [0.1, 0.15) is 16.1 Å². The maximum Gasteiger partial charge on any atom is 0.433 e. The Balaban J connectivity index is 1.72. The second kappa shape index (κ2) is 7.08. The lowest BCUT2D eigenvalue weighted by Crippen LogP contribution is -2.14. The topological polar surface area (TPSA) is 54.9 Å². The van der Waals surface area contributed by atoms with Gasteiger partial charge in [-0.3, -0.25) is 15.1 Å². The fraction of sp³-hybridized carbons (Fsp3) is 0.0625. The lowest BCUT2D eigenvalue weighted by atomic mass is 10.2. The van der Waals surface area contributed by atoms with E-state index in [-0.39, 0.29) is 5.56 Å². The quantitative estimate of drug-likeness (QED) is 0.538. The molecule has 3 rings (SSSR count). The highest BCUT2D eigenvalue weighted by molar-refractivity contribution is 14.1. The number of aromatic nitrogens is 2. The number of rotatable bonds is 3. The van der Waals surface area contributed by atoms with Gasteiger partial charge in [0.05, 0.1) is 11.3 Å². The summed E-state index contributed by atoms with van der Waals surface area (Å²) < 4.78 is 38.6. The number of amides is 1. The minimum atomic E-state index is -4.54. The van der Waals surface area contributed by atoms with Crippen molar-refractivity contribution < 1.29 is 18.0 Å². The van der Waals surface area contributed by atoms with E-state index in [0.717, 1.165) is 27.5 Å². The minimum Gasteiger partial charge on any atom is -0.298 e. The van der Waals surface area contributed by atoms with Gasteiger partial charge in [0.1, 0.15) is 5.69 Å². The number of hydrogen-bond acceptors (Lipinski definition) is 4. The lowest BCUT2D eigenvalue weighted by molar-refractivity contribution is -0.141. The molecule has 0 saturated heterocycles. The molecule has 1 amide bonds. The standard InChI is InChI=1S/C16H9F3IN3OS/c17-16(18,19)13-6-3-10(7-21-13)14(24)23-15-22-12(8-25-15)9-1-4-11(20)5-2-9/h1-8H,(H,22,23,24). The molecule has 2 heterocycles. The Kier molecular flexibility index (Phi) is 5.04. The third-order valence-corrected chi connectivity index (χ3v) is 4.66. The molecule has 0 aliphatic rings. The Morgan fingerprint density at radius 2 is 1.84 bits per heavy atom. The number of nitrogens with one attached hydrogen (secondary N) is 1. The Hall–Kier alpha value is -2.01. The summed E-state index contributed by atoms with van der Waals surface area (Å²) in [6, 6.07) is 9.58. The fourth-order valence-electron chi connectivity index (χ4n) is 1.95. The molecule has 0 fully saturated rings. The number of halogens is 4. The average molecular weight is 475 g/mol. The average Bonchev–Trinajstić information content (AvgIpc) is 3.03. The Labute approximate surface area is 158 Å². The number of alkyl halides is 3. The SMILES string of the molecule is O=C(Nc1nc(-c2ccc(I)cc2)cs1)c1ccc(C(F)(F)F)nc1. The summed E-state index contributed by atoms with van der Waals surface area (Å²) in [4.78, 5) is 19.7. The maximum absolute atomic E-state index is 12.5. The van der Waals surface area contributed by atoms with E-state index in [1.807, 2.05) is 24.3 Å². The number of pyridine rings is 1. The van der Waals surface area contributed by atoms with Crippen molar-refractivity contribution in [3.63, 3.8) is 0 Å². The van der Waals surface area contributed by atoms with E-state index in [9.17, 15) is 18.0 Å². The predicted octanol–water partition coefficient (Wildman–Crippen LogP) is 5.08. The molecular weight excluding hydrogens is 466 g/mol. The van der Waals surface area contributed by atoms with Crippen LogP contribution in [0.5, 0.6) is 0 Å². The lowest BCUT2D eigenvalue weighted by Gasteiger charge is -2.06. The molecule has 0 aliphatic carbocycles. The van der Waals surface area contributed by atoms with Crippen LogP contribution in [0.4, 0.5) is 18.3 Å². The second-order valence-electron chi connectivity index (χ2n) is 4.93. The molecule has 0 atom stereocenters. The van der Waals surface area contributed by atoms with Crippen LogP contribution < -0.4 is 5.32 Å². The van der Waals surface area contributed by atoms with Crippen LogP contribution in [0.15, 0.2) is 48.0 Å². The second-order valence-corrected chi connectivity index (χ2v) is 7.03. The van der Waals surface area contributed by atoms with E-state index in [1.165, 1.54) is 11.3 Å². The third-order valence-electron chi connectivity index (χ3n) is 3.18. The first kappa shape index (κ1) is 17.8. The van der Waals surface area contributed by atoms with Crippen molar-refractivity contribution in [1.82, 2.24) is 9.97 Å². The van der Waals surface area contributed by atoms with Crippen molar-refractivity contribution in [3.8, 4) is 11.3 Å². The zero-order valence-corrected chi connectivity index (χ0v) is 15.3. The van der Waals surface area contributed by atoms with Gasteiger partial charge < -0.3 is 0 Å². The Morgan fingerprint density at radius 1 is 1.12 bits per heavy atom. The van der Waals surface area contributed by atoms with E-state index in [0.29, 0.717) is 10.8 Å². The third kappa shape index (κ3) is 4.34. The van der Waals surface area contributed by atoms with Gasteiger partial charge >= 0.3 is 6.18 Å². The van der Waals surface area contributed by atoms with Gasteiger partial charge in [-0.15, -0.1) is 11.3 Å². The van der Waals surface area contributed by atoms with E-state index in [2.05, 4.69) is 37.9 Å². The number of benzene rings is 1. The first-order chi connectivity index (χ1) is 11.8. The highest BCUT2D eigenvalue weighted by atomic mass is 127. The summed E-state index contributed by atoms with van der Waals surface area (Å²) in [7, 11) is 0. The van der Waals surface area contributed by atoms with Crippen molar-refractivity contribution >= 4 is 45.0 Å². The van der Waals surface area contributed by atoms with Crippen LogP contribution >= 0.6 is 33.9 Å². The fourth-order valence-corrected chi connectivity index (χ4v) is 3.02. The van der Waals surface area contributed by atoms with Gasteiger partial charge in [0.2, 0.25) is 0 Å². The number of nitrogens with zero attached hydrogens (tertiary/aromatic N) is 2. The van der Waals surface area contributed by atoms with Gasteiger partial charge in [0.15, 0.2) is 5.13 Å². The maximum atomic E-state index is 12.5. The highest BCUT2D eigenvalue weighted by Gasteiger charge is 2.32. The largest absolute Gasteiger partial charge is 0.433 e. The van der Waals surface area contributed by atoms with Gasteiger partial charge in [0.25, 0.3) is 5.91 Å². The van der Waals surface area contributed by atoms with Crippen LogP contribution in [0.25, 0.3) is 11.3 Å². The van der Waals surface area contributed by atoms with Crippen molar-refractivity contribution in [2.45, 2.75) is 6.18 Å². The van der Waals surface area contributed by atoms with Gasteiger partial charge in [-0.1, -0.05) is 12.1 Å². The summed E-state index contributed by atoms with van der Waals surface area (Å²) >= 11 is 3.43. The smallest absolute Gasteiger partial charge is 0.298 e. The monoisotopic (exact) mass is 475 g/mol. The zero-order valence-electron chi connectivity index (χ0n) is 12.3. The first-order valence-corrected chi connectivity index (χ1v) is 8.85. The van der Waals surface area contributed by atoms with Crippen LogP contribution in [0, 0.1) is 3.57 Å². The van der Waals surface area contributed by atoms with E-state index >= 15 is 0 Å². The Morgan fingerprint density at radius 3 is 2.44 bits per heavy atom. The van der Waals surface area contributed by atoms with Crippen LogP contribution in [-0.2, 0) is 6.18 Å². The number of hydrogen-bond donors (Lipinski definition) is 1. The molecule has 1 N–H and O–H groups in total. The van der Waals surface area contributed by atoms with Crippen LogP contribution in [0.2, 0.25) is 0 Å². The summed E-state index contributed by atoms with van der Waals surface area (Å²) in [5.74, 6) is -0.565. The van der Waals surface area contributed by atoms with Gasteiger partial charge in [-0.25, -0.2) is 4.98 Å². The molecule has 0 unspecified atom stereocenters. The highest BCUT2D eigenvalue weighted by Crippen LogP contribution is 2.28. The van der Waals surface area contributed by atoms with Crippen molar-refractivity contribution in [1.29, 1.82) is 0 Å². The number of carbonyl (C=O) groups excluding carboxylic acids is 1. The number of anilines is 1. The molecule has 128 valence electrons. The summed E-state index contributed by atoms with van der Waals surface area (Å²) in [5, 5.41) is 4.72. The van der Waals surface area contributed by atoms with E-state index < -0.39 is 17.8 Å². The van der Waals surface area contributed by atoms with Crippen molar-refractivity contribution in [2.24, 2.45) is 0 Å². The van der Waals surface area contributed by atoms with Crippen molar-refractivity contribution in [2.75, 3.05) is 5.32 Å².